The van der Waals surface area contributed by atoms with Crippen LogP contribution in [0.1, 0.15) is 46.1 Å². The summed E-state index contributed by atoms with van der Waals surface area (Å²) in [5.74, 6) is 0.452. The molecular formula is C18H19N5O. The van der Waals surface area contributed by atoms with Crippen LogP contribution in [0.4, 0.5) is 0 Å². The zero-order valence-electron chi connectivity index (χ0n) is 13.6. The number of carbonyl (C=O) groups is 1. The van der Waals surface area contributed by atoms with Gasteiger partial charge in [0.15, 0.2) is 5.69 Å². The van der Waals surface area contributed by atoms with Crippen molar-refractivity contribution in [3.63, 3.8) is 0 Å². The summed E-state index contributed by atoms with van der Waals surface area (Å²) in [5.41, 5.74) is 4.72. The number of benzene rings is 1. The van der Waals surface area contributed by atoms with Crippen LogP contribution in [0.2, 0.25) is 0 Å². The van der Waals surface area contributed by atoms with E-state index in [1.54, 1.807) is 0 Å². The molecule has 6 nitrogen and oxygen atoms in total. The Morgan fingerprint density at radius 3 is 2.96 bits per heavy atom. The van der Waals surface area contributed by atoms with Crippen molar-refractivity contribution in [2.24, 2.45) is 0 Å². The van der Waals surface area contributed by atoms with Gasteiger partial charge in [0, 0.05) is 16.8 Å². The fourth-order valence-corrected chi connectivity index (χ4v) is 3.30. The third-order valence-corrected chi connectivity index (χ3v) is 4.53. The number of hydrogen-bond donors (Lipinski definition) is 2. The van der Waals surface area contributed by atoms with Crippen molar-refractivity contribution in [1.82, 2.24) is 25.5 Å². The summed E-state index contributed by atoms with van der Waals surface area (Å²) in [7, 11) is 0. The summed E-state index contributed by atoms with van der Waals surface area (Å²) in [6.07, 6.45) is 4.45. The molecule has 122 valence electrons. The molecule has 6 heteroatoms. The lowest BCUT2D eigenvalue weighted by Gasteiger charge is -2.17. The van der Waals surface area contributed by atoms with Crippen molar-refractivity contribution in [3.8, 4) is 0 Å². The number of aromatic nitrogens is 4. The molecule has 0 saturated heterocycles. The number of amides is 1. The molecule has 0 bridgehead atoms. The van der Waals surface area contributed by atoms with E-state index < -0.39 is 0 Å². The van der Waals surface area contributed by atoms with Gasteiger partial charge in [0.25, 0.3) is 5.91 Å². The molecule has 2 heterocycles. The van der Waals surface area contributed by atoms with E-state index in [0.29, 0.717) is 18.1 Å². The van der Waals surface area contributed by atoms with Gasteiger partial charge in [-0.15, -0.1) is 0 Å². The van der Waals surface area contributed by atoms with Crippen molar-refractivity contribution in [2.75, 3.05) is 0 Å². The predicted octanol–water partition coefficient (Wildman–Crippen LogP) is 2.47. The summed E-state index contributed by atoms with van der Waals surface area (Å²) < 4.78 is 0. The van der Waals surface area contributed by atoms with E-state index in [1.165, 1.54) is 18.4 Å². The molecule has 1 aliphatic rings. The van der Waals surface area contributed by atoms with Crippen molar-refractivity contribution in [3.05, 3.63) is 52.7 Å². The van der Waals surface area contributed by atoms with E-state index in [2.05, 4.69) is 25.5 Å². The van der Waals surface area contributed by atoms with Crippen molar-refractivity contribution in [2.45, 2.75) is 39.2 Å². The molecular weight excluding hydrogens is 302 g/mol. The van der Waals surface area contributed by atoms with Crippen LogP contribution in [0.25, 0.3) is 10.9 Å². The molecule has 2 N–H and O–H groups in total. The number of fused-ring (bicyclic) bond motifs is 2. The summed E-state index contributed by atoms with van der Waals surface area (Å²) in [6.45, 7) is 2.34. The van der Waals surface area contributed by atoms with E-state index in [-0.39, 0.29) is 5.91 Å². The number of carbonyl (C=O) groups excluding carboxylic acids is 1. The van der Waals surface area contributed by atoms with E-state index in [0.717, 1.165) is 35.1 Å². The van der Waals surface area contributed by atoms with Gasteiger partial charge in [0.05, 0.1) is 12.1 Å². The Bertz CT molecular complexity index is 915. The normalized spacial score (nSPS) is 13.7. The molecule has 0 atom stereocenters. The van der Waals surface area contributed by atoms with Gasteiger partial charge in [-0.3, -0.25) is 9.89 Å². The molecule has 0 saturated carbocycles. The Balaban J connectivity index is 1.52. The van der Waals surface area contributed by atoms with Crippen LogP contribution >= 0.6 is 0 Å². The largest absolute Gasteiger partial charge is 0.343 e. The Morgan fingerprint density at radius 2 is 2.04 bits per heavy atom. The first kappa shape index (κ1) is 14.8. The van der Waals surface area contributed by atoms with Gasteiger partial charge in [-0.2, -0.15) is 5.10 Å². The SMILES string of the molecule is Cc1nc(CNC(=O)c2n[nH]c3ccccc23)nc2c1CCCC2. The van der Waals surface area contributed by atoms with Crippen molar-refractivity contribution >= 4 is 16.8 Å². The van der Waals surface area contributed by atoms with Crippen LogP contribution in [0.3, 0.4) is 0 Å². The predicted molar refractivity (Wildman–Crippen MR) is 90.7 cm³/mol. The maximum atomic E-state index is 12.4. The van der Waals surface area contributed by atoms with Crippen LogP contribution in [-0.4, -0.2) is 26.1 Å². The second-order valence-corrected chi connectivity index (χ2v) is 6.16. The molecule has 4 rings (SSSR count). The average Bonchev–Trinajstić information content (AvgIpc) is 3.04. The molecule has 1 aromatic carbocycles. The molecule has 0 unspecified atom stereocenters. The van der Waals surface area contributed by atoms with Crippen molar-refractivity contribution < 1.29 is 4.79 Å². The number of rotatable bonds is 3. The molecule has 0 radical (unpaired) electrons. The molecule has 3 aromatic rings. The van der Waals surface area contributed by atoms with Crippen LogP contribution in [-0.2, 0) is 19.4 Å². The first-order valence-corrected chi connectivity index (χ1v) is 8.29. The number of aromatic amines is 1. The Morgan fingerprint density at radius 1 is 1.21 bits per heavy atom. The van der Waals surface area contributed by atoms with Gasteiger partial charge in [-0.1, -0.05) is 18.2 Å². The summed E-state index contributed by atoms with van der Waals surface area (Å²) in [5, 5.41) is 10.7. The second kappa shape index (κ2) is 6.03. The standard InChI is InChI=1S/C18H19N5O/c1-11-12-6-2-4-8-14(12)21-16(20-11)10-19-18(24)17-13-7-3-5-9-15(13)22-23-17/h3,5,7,9H,2,4,6,8,10H2,1H3,(H,19,24)(H,22,23). The number of hydrogen-bond acceptors (Lipinski definition) is 4. The highest BCUT2D eigenvalue weighted by atomic mass is 16.1. The van der Waals surface area contributed by atoms with Gasteiger partial charge in [0.2, 0.25) is 0 Å². The molecule has 1 amide bonds. The highest BCUT2D eigenvalue weighted by Crippen LogP contribution is 2.21. The molecule has 0 spiro atoms. The number of aryl methyl sites for hydroxylation is 2. The van der Waals surface area contributed by atoms with Gasteiger partial charge in [-0.25, -0.2) is 9.97 Å². The second-order valence-electron chi connectivity index (χ2n) is 6.16. The van der Waals surface area contributed by atoms with Crippen molar-refractivity contribution in [1.29, 1.82) is 0 Å². The lowest BCUT2D eigenvalue weighted by molar-refractivity contribution is 0.0946. The minimum absolute atomic E-state index is 0.216. The first-order chi connectivity index (χ1) is 11.7. The zero-order chi connectivity index (χ0) is 16.5. The number of nitrogens with zero attached hydrogens (tertiary/aromatic N) is 3. The highest BCUT2D eigenvalue weighted by Gasteiger charge is 2.17. The van der Waals surface area contributed by atoms with E-state index in [4.69, 9.17) is 0 Å². The maximum Gasteiger partial charge on any atom is 0.272 e. The molecule has 0 fully saturated rings. The van der Waals surface area contributed by atoms with Gasteiger partial charge in [-0.05, 0) is 44.2 Å². The first-order valence-electron chi connectivity index (χ1n) is 8.29. The van der Waals surface area contributed by atoms with Crippen LogP contribution in [0.5, 0.6) is 0 Å². The topological polar surface area (TPSA) is 83.6 Å². The van der Waals surface area contributed by atoms with E-state index in [1.807, 2.05) is 31.2 Å². The highest BCUT2D eigenvalue weighted by molar-refractivity contribution is 6.04. The van der Waals surface area contributed by atoms with Crippen LogP contribution in [0, 0.1) is 6.92 Å². The zero-order valence-corrected chi connectivity index (χ0v) is 13.6. The summed E-state index contributed by atoms with van der Waals surface area (Å²) in [4.78, 5) is 21.6. The van der Waals surface area contributed by atoms with E-state index in [9.17, 15) is 4.79 Å². The average molecular weight is 321 g/mol. The smallest absolute Gasteiger partial charge is 0.272 e. The minimum Gasteiger partial charge on any atom is -0.343 e. The Kier molecular flexibility index (Phi) is 3.72. The fraction of sp³-hybridized carbons (Fsp3) is 0.333. The molecule has 0 aliphatic heterocycles. The lowest BCUT2D eigenvalue weighted by Crippen LogP contribution is -2.25. The third kappa shape index (κ3) is 2.64. The van der Waals surface area contributed by atoms with Gasteiger partial charge in [0.1, 0.15) is 5.82 Å². The fourth-order valence-electron chi connectivity index (χ4n) is 3.30. The van der Waals surface area contributed by atoms with Gasteiger partial charge >= 0.3 is 0 Å². The Hall–Kier alpha value is -2.76. The number of H-pyrrole nitrogens is 1. The monoisotopic (exact) mass is 321 g/mol. The maximum absolute atomic E-state index is 12.4. The molecule has 2 aromatic heterocycles. The van der Waals surface area contributed by atoms with Gasteiger partial charge < -0.3 is 5.32 Å². The number of para-hydroxylation sites is 1. The molecule has 1 aliphatic carbocycles. The van der Waals surface area contributed by atoms with E-state index >= 15 is 0 Å². The number of nitrogens with one attached hydrogen (secondary N) is 2. The minimum atomic E-state index is -0.216. The third-order valence-electron chi connectivity index (χ3n) is 4.53. The summed E-state index contributed by atoms with van der Waals surface area (Å²) in [6, 6.07) is 7.58. The summed E-state index contributed by atoms with van der Waals surface area (Å²) >= 11 is 0. The Labute approximate surface area is 139 Å². The van der Waals surface area contributed by atoms with Crippen LogP contribution < -0.4 is 5.32 Å². The van der Waals surface area contributed by atoms with Crippen LogP contribution in [0.15, 0.2) is 24.3 Å². The molecule has 24 heavy (non-hydrogen) atoms. The lowest BCUT2D eigenvalue weighted by atomic mass is 9.95. The quantitative estimate of drug-likeness (QED) is 0.776.